The number of alkyl halides is 1. The van der Waals surface area contributed by atoms with E-state index in [0.717, 1.165) is 12.0 Å². The second kappa shape index (κ2) is 5.16. The van der Waals surface area contributed by atoms with Gasteiger partial charge in [-0.25, -0.2) is 0 Å². The van der Waals surface area contributed by atoms with Gasteiger partial charge in [0.1, 0.15) is 0 Å². The molecule has 0 aliphatic heterocycles. The Labute approximate surface area is 90.1 Å². The molecule has 0 heterocycles. The van der Waals surface area contributed by atoms with E-state index in [1.165, 1.54) is 11.1 Å². The van der Waals surface area contributed by atoms with Crippen LogP contribution in [0.4, 0.5) is 0 Å². The van der Waals surface area contributed by atoms with Gasteiger partial charge in [-0.3, -0.25) is 4.79 Å². The molecule has 76 valence electrons. The van der Waals surface area contributed by atoms with E-state index in [-0.39, 0.29) is 5.78 Å². The Balaban J connectivity index is 2.91. The lowest BCUT2D eigenvalue weighted by molar-refractivity contribution is 0.0989. The molecule has 1 aromatic carbocycles. The summed E-state index contributed by atoms with van der Waals surface area (Å²) in [6.07, 6.45) is 1.43. The number of rotatable bonds is 4. The van der Waals surface area contributed by atoms with Crippen LogP contribution in [-0.4, -0.2) is 11.7 Å². The van der Waals surface area contributed by atoms with E-state index >= 15 is 0 Å². The third kappa shape index (κ3) is 2.58. The van der Waals surface area contributed by atoms with E-state index in [1.807, 2.05) is 25.1 Å². The Morgan fingerprint density at radius 2 is 2.14 bits per heavy atom. The number of hydrogen-bond acceptors (Lipinski definition) is 1. The monoisotopic (exact) mass is 210 g/mol. The molecule has 0 aliphatic rings. The zero-order valence-corrected chi connectivity index (χ0v) is 9.40. The summed E-state index contributed by atoms with van der Waals surface area (Å²) in [5, 5.41) is 0. The molecule has 0 bridgehead atoms. The van der Waals surface area contributed by atoms with E-state index in [4.69, 9.17) is 11.6 Å². The van der Waals surface area contributed by atoms with E-state index in [1.54, 1.807) is 0 Å². The van der Waals surface area contributed by atoms with Crippen LogP contribution in [0.5, 0.6) is 0 Å². The van der Waals surface area contributed by atoms with Gasteiger partial charge in [-0.05, 0) is 30.5 Å². The Morgan fingerprint density at radius 1 is 1.43 bits per heavy atom. The molecule has 0 fully saturated rings. The first kappa shape index (κ1) is 11.3. The first-order valence-electron chi connectivity index (χ1n) is 4.87. The van der Waals surface area contributed by atoms with Gasteiger partial charge in [0, 0.05) is 17.9 Å². The molecular weight excluding hydrogens is 196 g/mol. The van der Waals surface area contributed by atoms with Gasteiger partial charge in [-0.2, -0.15) is 0 Å². The molecule has 0 saturated heterocycles. The zero-order valence-electron chi connectivity index (χ0n) is 8.64. The second-order valence-electron chi connectivity index (χ2n) is 3.36. The van der Waals surface area contributed by atoms with E-state index in [9.17, 15) is 4.79 Å². The first-order valence-corrected chi connectivity index (χ1v) is 5.41. The third-order valence-corrected chi connectivity index (χ3v) is 2.56. The average molecular weight is 211 g/mol. The van der Waals surface area contributed by atoms with Crippen LogP contribution >= 0.6 is 11.6 Å². The van der Waals surface area contributed by atoms with Crippen molar-refractivity contribution in [3.8, 4) is 0 Å². The van der Waals surface area contributed by atoms with Gasteiger partial charge < -0.3 is 0 Å². The van der Waals surface area contributed by atoms with Gasteiger partial charge in [0.05, 0.1) is 0 Å². The highest BCUT2D eigenvalue weighted by atomic mass is 35.5. The fraction of sp³-hybridized carbons (Fsp3) is 0.417. The summed E-state index contributed by atoms with van der Waals surface area (Å²) in [4.78, 5) is 11.5. The van der Waals surface area contributed by atoms with Gasteiger partial charge in [-0.1, -0.05) is 19.1 Å². The topological polar surface area (TPSA) is 17.1 Å². The third-order valence-electron chi connectivity index (χ3n) is 2.37. The quantitative estimate of drug-likeness (QED) is 0.550. The highest BCUT2D eigenvalue weighted by Gasteiger charge is 2.06. The van der Waals surface area contributed by atoms with Crippen molar-refractivity contribution >= 4 is 17.4 Å². The zero-order chi connectivity index (χ0) is 10.6. The summed E-state index contributed by atoms with van der Waals surface area (Å²) in [5.41, 5.74) is 3.26. The number of halogens is 1. The van der Waals surface area contributed by atoms with Gasteiger partial charge in [-0.15, -0.1) is 11.6 Å². The van der Waals surface area contributed by atoms with Crippen molar-refractivity contribution in [2.45, 2.75) is 26.7 Å². The van der Waals surface area contributed by atoms with Crippen molar-refractivity contribution in [1.29, 1.82) is 0 Å². The molecule has 0 aromatic heterocycles. The molecule has 0 atom stereocenters. The van der Waals surface area contributed by atoms with Crippen molar-refractivity contribution in [2.75, 3.05) is 5.88 Å². The lowest BCUT2D eigenvalue weighted by atomic mass is 10.0. The predicted octanol–water partition coefficient (Wildman–Crippen LogP) is 3.37. The van der Waals surface area contributed by atoms with Gasteiger partial charge >= 0.3 is 0 Å². The van der Waals surface area contributed by atoms with Gasteiger partial charge in [0.2, 0.25) is 0 Å². The molecule has 1 aromatic rings. The molecule has 0 unspecified atom stereocenters. The number of benzene rings is 1. The average Bonchev–Trinajstić information content (AvgIpc) is 2.18. The van der Waals surface area contributed by atoms with Crippen LogP contribution in [0.1, 0.15) is 34.8 Å². The van der Waals surface area contributed by atoms with Crippen LogP contribution in [0.25, 0.3) is 0 Å². The first-order chi connectivity index (χ1) is 6.69. The maximum absolute atomic E-state index is 11.5. The summed E-state index contributed by atoms with van der Waals surface area (Å²) in [5.74, 6) is 0.527. The molecule has 14 heavy (non-hydrogen) atoms. The SMILES string of the molecule is CCc1ccc(C(=O)CCCl)cc1C. The van der Waals surface area contributed by atoms with Crippen LogP contribution in [-0.2, 0) is 6.42 Å². The normalized spacial score (nSPS) is 10.2. The summed E-state index contributed by atoms with van der Waals surface area (Å²) < 4.78 is 0. The summed E-state index contributed by atoms with van der Waals surface area (Å²) in [6.45, 7) is 4.15. The largest absolute Gasteiger partial charge is 0.294 e. The van der Waals surface area contributed by atoms with Crippen LogP contribution in [0, 0.1) is 6.92 Å². The number of carbonyl (C=O) groups excluding carboxylic acids is 1. The summed E-state index contributed by atoms with van der Waals surface area (Å²) in [6, 6.07) is 5.87. The summed E-state index contributed by atoms with van der Waals surface area (Å²) in [7, 11) is 0. The molecule has 1 rings (SSSR count). The minimum Gasteiger partial charge on any atom is -0.294 e. The highest BCUT2D eigenvalue weighted by Crippen LogP contribution is 2.13. The van der Waals surface area contributed by atoms with E-state index < -0.39 is 0 Å². The molecule has 0 radical (unpaired) electrons. The smallest absolute Gasteiger partial charge is 0.164 e. The van der Waals surface area contributed by atoms with Crippen molar-refractivity contribution in [2.24, 2.45) is 0 Å². The minimum absolute atomic E-state index is 0.130. The van der Waals surface area contributed by atoms with Crippen LogP contribution < -0.4 is 0 Å². The van der Waals surface area contributed by atoms with Crippen molar-refractivity contribution in [3.63, 3.8) is 0 Å². The molecular formula is C12H15ClO. The number of carbonyl (C=O) groups is 1. The molecule has 0 N–H and O–H groups in total. The summed E-state index contributed by atoms with van der Waals surface area (Å²) >= 11 is 5.52. The minimum atomic E-state index is 0.130. The predicted molar refractivity (Wildman–Crippen MR) is 60.2 cm³/mol. The van der Waals surface area contributed by atoms with E-state index in [2.05, 4.69) is 6.92 Å². The number of Topliss-reactive ketones (excluding diaryl/α,β-unsaturated/α-hetero) is 1. The Bertz CT molecular complexity index is 331. The molecule has 0 saturated carbocycles. The lowest BCUT2D eigenvalue weighted by Gasteiger charge is -2.05. The molecule has 2 heteroatoms. The maximum Gasteiger partial charge on any atom is 0.164 e. The Morgan fingerprint density at radius 3 is 2.64 bits per heavy atom. The van der Waals surface area contributed by atoms with Crippen LogP contribution in [0.3, 0.4) is 0 Å². The Hall–Kier alpha value is -0.820. The fourth-order valence-corrected chi connectivity index (χ4v) is 1.67. The molecule has 0 spiro atoms. The fourth-order valence-electron chi connectivity index (χ4n) is 1.50. The molecule has 0 aliphatic carbocycles. The van der Waals surface area contributed by atoms with Crippen LogP contribution in [0.2, 0.25) is 0 Å². The number of hydrogen-bond donors (Lipinski definition) is 0. The number of ketones is 1. The van der Waals surface area contributed by atoms with E-state index in [0.29, 0.717) is 12.3 Å². The lowest BCUT2D eigenvalue weighted by Crippen LogP contribution is -2.01. The van der Waals surface area contributed by atoms with Gasteiger partial charge in [0.25, 0.3) is 0 Å². The van der Waals surface area contributed by atoms with Crippen molar-refractivity contribution in [1.82, 2.24) is 0 Å². The maximum atomic E-state index is 11.5. The highest BCUT2D eigenvalue weighted by molar-refractivity contribution is 6.19. The van der Waals surface area contributed by atoms with Crippen LogP contribution in [0.15, 0.2) is 18.2 Å². The van der Waals surface area contributed by atoms with Crippen molar-refractivity contribution < 1.29 is 4.79 Å². The number of aryl methyl sites for hydroxylation is 2. The Kier molecular flexibility index (Phi) is 4.15. The van der Waals surface area contributed by atoms with Crippen molar-refractivity contribution in [3.05, 3.63) is 34.9 Å². The standard InChI is InChI=1S/C12H15ClO/c1-3-10-4-5-11(8-9(10)2)12(14)6-7-13/h4-5,8H,3,6-7H2,1-2H3. The second-order valence-corrected chi connectivity index (χ2v) is 3.73. The van der Waals surface area contributed by atoms with Gasteiger partial charge in [0.15, 0.2) is 5.78 Å². The molecule has 0 amide bonds. The molecule has 1 nitrogen and oxygen atoms in total.